The molecule has 20 heavy (non-hydrogen) atoms. The summed E-state index contributed by atoms with van der Waals surface area (Å²) in [6, 6.07) is 9.51. The summed E-state index contributed by atoms with van der Waals surface area (Å²) in [5.74, 6) is 6.52. The molecule has 0 bridgehead atoms. The predicted molar refractivity (Wildman–Crippen MR) is 80.6 cm³/mol. The van der Waals surface area contributed by atoms with Gasteiger partial charge in [0, 0.05) is 12.4 Å². The lowest BCUT2D eigenvalue weighted by atomic mass is 10.0. The van der Waals surface area contributed by atoms with Crippen LogP contribution >= 0.6 is 11.6 Å². The molecule has 1 atom stereocenters. The average Bonchev–Trinajstić information content (AvgIpc) is 2.49. The Balaban J connectivity index is 2.22. The zero-order valence-corrected chi connectivity index (χ0v) is 12.1. The number of hydrogen-bond acceptors (Lipinski definition) is 4. The maximum Gasteiger partial charge on any atom is 0.119 e. The number of nitrogens with two attached hydrogens (primary N) is 1. The number of pyridine rings is 1. The highest BCUT2D eigenvalue weighted by molar-refractivity contribution is 6.31. The van der Waals surface area contributed by atoms with Crippen LogP contribution in [0.15, 0.2) is 42.7 Å². The molecule has 0 amide bonds. The first kappa shape index (κ1) is 14.8. The second-order valence-corrected chi connectivity index (χ2v) is 4.82. The van der Waals surface area contributed by atoms with Crippen LogP contribution in [0.2, 0.25) is 5.02 Å². The van der Waals surface area contributed by atoms with Crippen LogP contribution in [0, 0.1) is 0 Å². The summed E-state index contributed by atoms with van der Waals surface area (Å²) in [4.78, 5) is 3.98. The number of rotatable bonds is 6. The van der Waals surface area contributed by atoms with E-state index in [0.717, 1.165) is 23.3 Å². The van der Waals surface area contributed by atoms with E-state index < -0.39 is 0 Å². The fourth-order valence-corrected chi connectivity index (χ4v) is 2.19. The smallest absolute Gasteiger partial charge is 0.119 e. The second-order valence-electron chi connectivity index (χ2n) is 4.41. The first-order chi connectivity index (χ1) is 9.76. The Hall–Kier alpha value is -1.62. The summed E-state index contributed by atoms with van der Waals surface area (Å²) in [6.45, 7) is 2.79. The highest BCUT2D eigenvalue weighted by Crippen LogP contribution is 2.28. The molecule has 106 valence electrons. The van der Waals surface area contributed by atoms with Gasteiger partial charge in [-0.25, -0.2) is 5.43 Å². The van der Waals surface area contributed by atoms with Gasteiger partial charge in [-0.2, -0.15) is 0 Å². The third-order valence-electron chi connectivity index (χ3n) is 2.97. The zero-order chi connectivity index (χ0) is 14.4. The molecule has 0 spiro atoms. The molecule has 4 nitrogen and oxygen atoms in total. The topological polar surface area (TPSA) is 60.2 Å². The minimum atomic E-state index is -0.175. The first-order valence-electron chi connectivity index (χ1n) is 6.54. The van der Waals surface area contributed by atoms with E-state index >= 15 is 0 Å². The van der Waals surface area contributed by atoms with Crippen LogP contribution in [0.1, 0.15) is 30.5 Å². The molecule has 1 aromatic heterocycles. The van der Waals surface area contributed by atoms with Gasteiger partial charge in [0.1, 0.15) is 5.75 Å². The third-order valence-corrected chi connectivity index (χ3v) is 3.28. The largest absolute Gasteiger partial charge is 0.494 e. The maximum absolute atomic E-state index is 6.16. The maximum atomic E-state index is 6.16. The highest BCUT2D eigenvalue weighted by Gasteiger charge is 2.15. The number of hydrazine groups is 1. The van der Waals surface area contributed by atoms with Crippen LogP contribution in [-0.2, 0) is 0 Å². The van der Waals surface area contributed by atoms with E-state index in [4.69, 9.17) is 22.2 Å². The molecule has 0 aliphatic carbocycles. The van der Waals surface area contributed by atoms with E-state index in [-0.39, 0.29) is 6.04 Å². The number of benzene rings is 1. The fourth-order valence-electron chi connectivity index (χ4n) is 1.96. The predicted octanol–water partition coefficient (Wildman–Crippen LogP) is 3.08. The molecule has 0 fully saturated rings. The van der Waals surface area contributed by atoms with Crippen LogP contribution in [0.4, 0.5) is 0 Å². The normalized spacial score (nSPS) is 12.2. The lowest BCUT2D eigenvalue weighted by molar-refractivity contribution is 0.317. The number of nitrogens with zero attached hydrogens (tertiary/aromatic N) is 1. The molecule has 2 aromatic rings. The van der Waals surface area contributed by atoms with Crippen LogP contribution in [0.25, 0.3) is 0 Å². The highest BCUT2D eigenvalue weighted by atomic mass is 35.5. The van der Waals surface area contributed by atoms with Gasteiger partial charge in [-0.3, -0.25) is 10.8 Å². The van der Waals surface area contributed by atoms with Gasteiger partial charge >= 0.3 is 0 Å². The average molecular weight is 292 g/mol. The van der Waals surface area contributed by atoms with Crippen LogP contribution in [0.3, 0.4) is 0 Å². The summed E-state index contributed by atoms with van der Waals surface area (Å²) in [5, 5.41) is 0.585. The molecular formula is C15H18ClN3O. The molecule has 0 saturated carbocycles. The SMILES string of the molecule is CCCOc1ccc(C(NN)c2ccncc2Cl)cc1. The van der Waals surface area contributed by atoms with E-state index in [1.807, 2.05) is 30.3 Å². The molecule has 1 aromatic carbocycles. The molecule has 2 rings (SSSR count). The number of ether oxygens (including phenoxy) is 1. The fraction of sp³-hybridized carbons (Fsp3) is 0.267. The van der Waals surface area contributed by atoms with Crippen molar-refractivity contribution in [3.8, 4) is 5.75 Å². The molecule has 1 unspecified atom stereocenters. The summed E-state index contributed by atoms with van der Waals surface area (Å²) < 4.78 is 5.57. The Bertz CT molecular complexity index is 545. The Morgan fingerprint density at radius 1 is 1.30 bits per heavy atom. The molecule has 3 N–H and O–H groups in total. The standard InChI is InChI=1S/C15H18ClN3O/c1-2-9-20-12-5-3-11(4-6-12)15(19-17)13-7-8-18-10-14(13)16/h3-8,10,15,19H,2,9,17H2,1H3. The van der Waals surface area contributed by atoms with E-state index in [0.29, 0.717) is 11.6 Å². The Labute approximate surface area is 123 Å². The number of hydrogen-bond donors (Lipinski definition) is 2. The molecule has 0 radical (unpaired) electrons. The molecular weight excluding hydrogens is 274 g/mol. The van der Waals surface area contributed by atoms with Gasteiger partial charge in [-0.15, -0.1) is 0 Å². The van der Waals surface area contributed by atoms with Crippen molar-refractivity contribution in [2.75, 3.05) is 6.61 Å². The Morgan fingerprint density at radius 3 is 2.65 bits per heavy atom. The quantitative estimate of drug-likeness (QED) is 0.634. The van der Waals surface area contributed by atoms with Crippen molar-refractivity contribution in [1.82, 2.24) is 10.4 Å². The minimum Gasteiger partial charge on any atom is -0.494 e. The lowest BCUT2D eigenvalue weighted by Crippen LogP contribution is -2.29. The number of nitrogens with one attached hydrogen (secondary N) is 1. The van der Waals surface area contributed by atoms with Crippen molar-refractivity contribution in [3.63, 3.8) is 0 Å². The van der Waals surface area contributed by atoms with Crippen molar-refractivity contribution in [1.29, 1.82) is 0 Å². The van der Waals surface area contributed by atoms with E-state index in [1.54, 1.807) is 12.4 Å². The van der Waals surface area contributed by atoms with Crippen molar-refractivity contribution in [2.45, 2.75) is 19.4 Å². The first-order valence-corrected chi connectivity index (χ1v) is 6.92. The molecule has 1 heterocycles. The molecule has 0 saturated heterocycles. The third kappa shape index (κ3) is 3.48. The van der Waals surface area contributed by atoms with Crippen LogP contribution in [-0.4, -0.2) is 11.6 Å². The lowest BCUT2D eigenvalue weighted by Gasteiger charge is -2.18. The van der Waals surface area contributed by atoms with E-state index in [2.05, 4.69) is 17.3 Å². The monoisotopic (exact) mass is 291 g/mol. The van der Waals surface area contributed by atoms with Gasteiger partial charge < -0.3 is 4.74 Å². The zero-order valence-electron chi connectivity index (χ0n) is 11.3. The van der Waals surface area contributed by atoms with Gasteiger partial charge in [-0.1, -0.05) is 30.7 Å². The van der Waals surface area contributed by atoms with Gasteiger partial charge in [0.15, 0.2) is 0 Å². The summed E-state index contributed by atoms with van der Waals surface area (Å²) in [5.41, 5.74) is 4.70. The van der Waals surface area contributed by atoms with E-state index in [9.17, 15) is 0 Å². The van der Waals surface area contributed by atoms with Crippen molar-refractivity contribution >= 4 is 11.6 Å². The van der Waals surface area contributed by atoms with Gasteiger partial charge in [0.05, 0.1) is 17.7 Å². The Kier molecular flexibility index (Phi) is 5.35. The van der Waals surface area contributed by atoms with E-state index in [1.165, 1.54) is 0 Å². The van der Waals surface area contributed by atoms with Crippen molar-refractivity contribution < 1.29 is 4.74 Å². The van der Waals surface area contributed by atoms with Crippen molar-refractivity contribution in [2.24, 2.45) is 5.84 Å². The van der Waals surface area contributed by atoms with Crippen molar-refractivity contribution in [3.05, 3.63) is 58.9 Å². The molecule has 5 heteroatoms. The number of halogens is 1. The van der Waals surface area contributed by atoms with Gasteiger partial charge in [-0.05, 0) is 35.7 Å². The van der Waals surface area contributed by atoms with Crippen LogP contribution < -0.4 is 16.0 Å². The van der Waals surface area contributed by atoms with Gasteiger partial charge in [0.2, 0.25) is 0 Å². The summed E-state index contributed by atoms with van der Waals surface area (Å²) >= 11 is 6.16. The summed E-state index contributed by atoms with van der Waals surface area (Å²) in [7, 11) is 0. The minimum absolute atomic E-state index is 0.175. The van der Waals surface area contributed by atoms with Crippen LogP contribution in [0.5, 0.6) is 5.75 Å². The van der Waals surface area contributed by atoms with Gasteiger partial charge in [0.25, 0.3) is 0 Å². The number of aromatic nitrogens is 1. The second kappa shape index (κ2) is 7.24. The molecule has 0 aliphatic heterocycles. The Morgan fingerprint density at radius 2 is 2.05 bits per heavy atom. The molecule has 0 aliphatic rings. The summed E-state index contributed by atoms with van der Waals surface area (Å²) in [6.07, 6.45) is 4.30.